The molecule has 1 saturated heterocycles. The number of aliphatic hydroxyl groups excluding tert-OH is 3. The lowest BCUT2D eigenvalue weighted by atomic mass is 9.92. The fraction of sp³-hybridized carbons (Fsp3) is 0.381. The average Bonchev–Trinajstić information content (AvgIpc) is 2.76. The molecule has 1 aliphatic rings. The van der Waals surface area contributed by atoms with Crippen molar-refractivity contribution < 1.29 is 34.5 Å². The zero-order valence-electron chi connectivity index (χ0n) is 16.7. The number of non-ortho nitro benzene ring substituents is 1. The molecule has 9 nitrogen and oxygen atoms in total. The molecule has 5 atom stereocenters. The first kappa shape index (κ1) is 23.2. The maximum atomic E-state index is 12.8. The summed E-state index contributed by atoms with van der Waals surface area (Å²) >= 11 is 1.18. The van der Waals surface area contributed by atoms with Crippen LogP contribution < -0.4 is 0 Å². The lowest BCUT2D eigenvalue weighted by Crippen LogP contribution is -2.57. The number of aryl methyl sites for hydroxylation is 1. The Kier molecular flexibility index (Phi) is 7.63. The van der Waals surface area contributed by atoms with E-state index in [0.717, 1.165) is 10.5 Å². The summed E-state index contributed by atoms with van der Waals surface area (Å²) in [5.41, 5.74) is 0.597. The lowest BCUT2D eigenvalue weighted by molar-refractivity contribution is -0.384. The third-order valence-electron chi connectivity index (χ3n) is 4.95. The molecule has 0 radical (unpaired) electrons. The second kappa shape index (κ2) is 10.2. The third kappa shape index (κ3) is 5.60. The number of esters is 1. The number of nitro groups is 1. The number of hydrogen-bond acceptors (Lipinski definition) is 9. The smallest absolute Gasteiger partial charge is 0.315 e. The number of carbonyl (C=O) groups excluding carboxylic acids is 1. The Morgan fingerprint density at radius 1 is 1.13 bits per heavy atom. The molecule has 0 spiro atoms. The highest BCUT2D eigenvalue weighted by Crippen LogP contribution is 2.37. The van der Waals surface area contributed by atoms with Crippen molar-refractivity contribution in [3.05, 3.63) is 69.8 Å². The molecule has 0 aromatic heterocycles. The predicted molar refractivity (Wildman–Crippen MR) is 111 cm³/mol. The van der Waals surface area contributed by atoms with E-state index in [-0.39, 0.29) is 12.3 Å². The van der Waals surface area contributed by atoms with Crippen molar-refractivity contribution in [1.82, 2.24) is 0 Å². The van der Waals surface area contributed by atoms with Crippen LogP contribution in [0.3, 0.4) is 0 Å². The van der Waals surface area contributed by atoms with Crippen molar-refractivity contribution in [2.45, 2.75) is 42.2 Å². The molecule has 2 aromatic carbocycles. The number of hydrogen-bond donors (Lipinski definition) is 3. The molecule has 0 aliphatic carbocycles. The number of benzene rings is 2. The molecule has 10 heteroatoms. The van der Waals surface area contributed by atoms with Gasteiger partial charge in [-0.3, -0.25) is 14.9 Å². The number of aliphatic hydroxyl groups is 3. The number of thioether (sulfide) groups is 1. The molecule has 2 aromatic rings. The number of nitro benzene ring substituents is 1. The highest BCUT2D eigenvalue weighted by Gasteiger charge is 2.49. The van der Waals surface area contributed by atoms with E-state index in [1.165, 1.54) is 36.0 Å². The topological polar surface area (TPSA) is 139 Å². The molecule has 166 valence electrons. The van der Waals surface area contributed by atoms with Crippen LogP contribution in [0.25, 0.3) is 0 Å². The first-order chi connectivity index (χ1) is 14.8. The van der Waals surface area contributed by atoms with E-state index in [1.807, 2.05) is 31.2 Å². The minimum absolute atomic E-state index is 0.0843. The molecule has 0 amide bonds. The van der Waals surface area contributed by atoms with Crippen molar-refractivity contribution in [3.8, 4) is 0 Å². The average molecular weight is 449 g/mol. The Hall–Kier alpha value is -2.50. The van der Waals surface area contributed by atoms with Crippen LogP contribution in [0.2, 0.25) is 0 Å². The molecule has 0 saturated carbocycles. The third-order valence-corrected chi connectivity index (χ3v) is 6.14. The number of rotatable bonds is 7. The first-order valence-corrected chi connectivity index (χ1v) is 10.4. The van der Waals surface area contributed by atoms with Gasteiger partial charge in [0.05, 0.1) is 17.6 Å². The molecule has 1 fully saturated rings. The van der Waals surface area contributed by atoms with Gasteiger partial charge in [-0.2, -0.15) is 0 Å². The van der Waals surface area contributed by atoms with Crippen molar-refractivity contribution >= 4 is 23.4 Å². The molecule has 3 N–H and O–H groups in total. The minimum Gasteiger partial charge on any atom is -0.460 e. The SMILES string of the molecule is Cc1ccc(S[C@@H]2O[C@H](CO)[C@@H](O)[C@H](O)[C@H]2C(=O)OCc2ccc([N+](=O)[O-])cc2)cc1. The van der Waals surface area contributed by atoms with Gasteiger partial charge in [0.25, 0.3) is 5.69 Å². The van der Waals surface area contributed by atoms with Gasteiger partial charge in [0.15, 0.2) is 0 Å². The summed E-state index contributed by atoms with van der Waals surface area (Å²) in [5.74, 6) is -1.99. The van der Waals surface area contributed by atoms with Gasteiger partial charge in [-0.1, -0.05) is 29.5 Å². The molecule has 3 rings (SSSR count). The van der Waals surface area contributed by atoms with E-state index in [0.29, 0.717) is 5.56 Å². The van der Waals surface area contributed by atoms with Gasteiger partial charge >= 0.3 is 5.97 Å². The summed E-state index contributed by atoms with van der Waals surface area (Å²) in [6.07, 6.45) is -4.01. The summed E-state index contributed by atoms with van der Waals surface area (Å²) in [5, 5.41) is 41.0. The van der Waals surface area contributed by atoms with Gasteiger partial charge in [0, 0.05) is 17.0 Å². The van der Waals surface area contributed by atoms with Gasteiger partial charge in [-0.25, -0.2) is 0 Å². The van der Waals surface area contributed by atoms with Crippen LogP contribution in [0, 0.1) is 23.0 Å². The molecule has 0 bridgehead atoms. The highest BCUT2D eigenvalue weighted by atomic mass is 32.2. The normalized spacial score (nSPS) is 25.7. The second-order valence-electron chi connectivity index (χ2n) is 7.19. The number of ether oxygens (including phenoxy) is 2. The Morgan fingerprint density at radius 2 is 1.77 bits per heavy atom. The van der Waals surface area contributed by atoms with E-state index < -0.39 is 47.2 Å². The minimum atomic E-state index is -1.50. The zero-order chi connectivity index (χ0) is 22.5. The van der Waals surface area contributed by atoms with Gasteiger partial charge in [-0.05, 0) is 36.8 Å². The van der Waals surface area contributed by atoms with E-state index >= 15 is 0 Å². The van der Waals surface area contributed by atoms with E-state index in [1.54, 1.807) is 0 Å². The Morgan fingerprint density at radius 3 is 2.35 bits per heavy atom. The molecule has 31 heavy (non-hydrogen) atoms. The maximum absolute atomic E-state index is 12.8. The van der Waals surface area contributed by atoms with Crippen molar-refractivity contribution in [2.75, 3.05) is 6.61 Å². The van der Waals surface area contributed by atoms with Crippen LogP contribution >= 0.6 is 11.8 Å². The second-order valence-corrected chi connectivity index (χ2v) is 8.37. The highest BCUT2D eigenvalue weighted by molar-refractivity contribution is 7.99. The van der Waals surface area contributed by atoms with E-state index in [4.69, 9.17) is 9.47 Å². The van der Waals surface area contributed by atoms with E-state index in [9.17, 15) is 30.2 Å². The van der Waals surface area contributed by atoms with Crippen LogP contribution in [0.15, 0.2) is 53.4 Å². The van der Waals surface area contributed by atoms with Gasteiger partial charge < -0.3 is 24.8 Å². The molecular formula is C21H23NO8S. The molecule has 1 aliphatic heterocycles. The Bertz CT molecular complexity index is 905. The first-order valence-electron chi connectivity index (χ1n) is 9.56. The fourth-order valence-electron chi connectivity index (χ4n) is 3.15. The molecular weight excluding hydrogens is 426 g/mol. The number of carbonyl (C=O) groups is 1. The van der Waals surface area contributed by atoms with E-state index in [2.05, 4.69) is 0 Å². The van der Waals surface area contributed by atoms with Crippen molar-refractivity contribution in [3.63, 3.8) is 0 Å². The lowest BCUT2D eigenvalue weighted by Gasteiger charge is -2.40. The van der Waals surface area contributed by atoms with Crippen LogP contribution in [-0.2, 0) is 20.9 Å². The van der Waals surface area contributed by atoms with Crippen molar-refractivity contribution in [1.29, 1.82) is 0 Å². The summed E-state index contributed by atoms with van der Waals surface area (Å²) in [6, 6.07) is 13.0. The summed E-state index contributed by atoms with van der Waals surface area (Å²) in [6.45, 7) is 1.25. The predicted octanol–water partition coefficient (Wildman–Crippen LogP) is 1.79. The van der Waals surface area contributed by atoms with Crippen LogP contribution in [-0.4, -0.2) is 56.6 Å². The molecule has 1 heterocycles. The quantitative estimate of drug-likeness (QED) is 0.328. The summed E-state index contributed by atoms with van der Waals surface area (Å²) < 4.78 is 11.0. The fourth-order valence-corrected chi connectivity index (χ4v) is 4.33. The monoisotopic (exact) mass is 449 g/mol. The van der Waals surface area contributed by atoms with Crippen LogP contribution in [0.4, 0.5) is 5.69 Å². The largest absolute Gasteiger partial charge is 0.460 e. The van der Waals surface area contributed by atoms with Crippen molar-refractivity contribution in [2.24, 2.45) is 5.92 Å². The van der Waals surface area contributed by atoms with Gasteiger partial charge in [0.1, 0.15) is 30.2 Å². The Balaban J connectivity index is 1.73. The van der Waals surface area contributed by atoms with Gasteiger partial charge in [0.2, 0.25) is 0 Å². The molecule has 0 unspecified atom stereocenters. The van der Waals surface area contributed by atoms with Crippen LogP contribution in [0.1, 0.15) is 11.1 Å². The summed E-state index contributed by atoms with van der Waals surface area (Å²) in [4.78, 5) is 23.8. The zero-order valence-corrected chi connectivity index (χ0v) is 17.5. The number of nitrogens with zero attached hydrogens (tertiary/aromatic N) is 1. The van der Waals surface area contributed by atoms with Gasteiger partial charge in [-0.15, -0.1) is 0 Å². The summed E-state index contributed by atoms with van der Waals surface area (Å²) in [7, 11) is 0. The van der Waals surface area contributed by atoms with Crippen LogP contribution in [0.5, 0.6) is 0 Å². The Labute approximate surface area is 182 Å². The maximum Gasteiger partial charge on any atom is 0.315 e. The standard InChI is InChI=1S/C21H23NO8S/c1-12-2-8-15(9-3-12)31-21-17(19(25)18(24)16(10-23)30-21)20(26)29-11-13-4-6-14(7-5-13)22(27)28/h2-9,16-19,21,23-25H,10-11H2,1H3/t16-,17+,18-,19-,21+/m1/s1.